The first-order valence-electron chi connectivity index (χ1n) is 8.60. The molecule has 0 aromatic heterocycles. The van der Waals surface area contributed by atoms with Gasteiger partial charge in [-0.05, 0) is 36.2 Å². The van der Waals surface area contributed by atoms with Gasteiger partial charge in [0.1, 0.15) is 0 Å². The van der Waals surface area contributed by atoms with Crippen molar-refractivity contribution in [1.82, 2.24) is 0 Å². The summed E-state index contributed by atoms with van der Waals surface area (Å²) in [6.07, 6.45) is 0.683. The summed E-state index contributed by atoms with van der Waals surface area (Å²) in [4.78, 5) is 14.9. The van der Waals surface area contributed by atoms with E-state index in [9.17, 15) is 4.79 Å². The highest BCUT2D eigenvalue weighted by atomic mass is 35.5. The van der Waals surface area contributed by atoms with Crippen LogP contribution in [-0.2, 0) is 16.0 Å². The Morgan fingerprint density at radius 1 is 1.16 bits per heavy atom. The van der Waals surface area contributed by atoms with Crippen molar-refractivity contribution in [2.24, 2.45) is 5.92 Å². The summed E-state index contributed by atoms with van der Waals surface area (Å²) in [7, 11) is 0. The van der Waals surface area contributed by atoms with Gasteiger partial charge in [0, 0.05) is 24.0 Å². The number of benzene rings is 2. The van der Waals surface area contributed by atoms with Gasteiger partial charge in [-0.3, -0.25) is 4.79 Å². The number of amides is 1. The number of carbonyl (C=O) groups excluding carboxylic acids is 1. The van der Waals surface area contributed by atoms with E-state index in [-0.39, 0.29) is 11.8 Å². The van der Waals surface area contributed by atoms with Gasteiger partial charge in [-0.15, -0.1) is 0 Å². The molecule has 1 aliphatic rings. The van der Waals surface area contributed by atoms with Gasteiger partial charge in [0.25, 0.3) is 0 Å². The maximum absolute atomic E-state index is 12.6. The standard InChI is InChI=1S/C20H23ClN2O2/c1-15(14-16-6-8-17(21)9-7-16)20(24)22-18-4-2-3-5-19(18)23-10-12-25-13-11-23/h2-9,15H,10-14H2,1H3,(H,22,24). The predicted octanol–water partition coefficient (Wildman–Crippen LogP) is 3.99. The van der Waals surface area contributed by atoms with E-state index in [0.29, 0.717) is 11.4 Å². The van der Waals surface area contributed by atoms with Crippen molar-refractivity contribution in [3.8, 4) is 0 Å². The largest absolute Gasteiger partial charge is 0.378 e. The molecule has 0 saturated carbocycles. The third-order valence-corrected chi connectivity index (χ3v) is 4.67. The number of para-hydroxylation sites is 2. The molecule has 2 aromatic carbocycles. The van der Waals surface area contributed by atoms with Crippen LogP contribution in [0.25, 0.3) is 0 Å². The van der Waals surface area contributed by atoms with Gasteiger partial charge in [0.2, 0.25) is 5.91 Å². The first-order chi connectivity index (χ1) is 12.1. The van der Waals surface area contributed by atoms with E-state index < -0.39 is 0 Å². The van der Waals surface area contributed by atoms with Crippen molar-refractivity contribution >= 4 is 28.9 Å². The lowest BCUT2D eigenvalue weighted by atomic mass is 10.0. The molecule has 1 unspecified atom stereocenters. The Balaban J connectivity index is 1.66. The van der Waals surface area contributed by atoms with Crippen LogP contribution in [-0.4, -0.2) is 32.2 Å². The molecule has 1 heterocycles. The van der Waals surface area contributed by atoms with Gasteiger partial charge in [0.05, 0.1) is 24.6 Å². The molecule has 1 atom stereocenters. The second-order valence-corrected chi connectivity index (χ2v) is 6.77. The van der Waals surface area contributed by atoms with Gasteiger partial charge < -0.3 is 15.0 Å². The van der Waals surface area contributed by atoms with Crippen molar-refractivity contribution < 1.29 is 9.53 Å². The van der Waals surface area contributed by atoms with Crippen molar-refractivity contribution in [2.75, 3.05) is 36.5 Å². The normalized spacial score (nSPS) is 15.7. The lowest BCUT2D eigenvalue weighted by molar-refractivity contribution is -0.119. The zero-order valence-corrected chi connectivity index (χ0v) is 15.1. The van der Waals surface area contributed by atoms with E-state index in [4.69, 9.17) is 16.3 Å². The lowest BCUT2D eigenvalue weighted by Crippen LogP contribution is -2.37. The quantitative estimate of drug-likeness (QED) is 0.878. The van der Waals surface area contributed by atoms with Crippen LogP contribution in [0.3, 0.4) is 0 Å². The molecule has 2 aromatic rings. The van der Waals surface area contributed by atoms with Crippen LogP contribution < -0.4 is 10.2 Å². The van der Waals surface area contributed by atoms with Crippen LogP contribution in [0.2, 0.25) is 5.02 Å². The summed E-state index contributed by atoms with van der Waals surface area (Å²) in [6.45, 7) is 5.06. The number of nitrogens with one attached hydrogen (secondary N) is 1. The fourth-order valence-corrected chi connectivity index (χ4v) is 3.11. The zero-order chi connectivity index (χ0) is 17.6. The Labute approximate surface area is 153 Å². The Morgan fingerprint density at radius 3 is 2.56 bits per heavy atom. The van der Waals surface area contributed by atoms with E-state index in [1.54, 1.807) is 0 Å². The number of anilines is 2. The molecule has 132 valence electrons. The first kappa shape index (κ1) is 17.8. The summed E-state index contributed by atoms with van der Waals surface area (Å²) in [5, 5.41) is 3.80. The second-order valence-electron chi connectivity index (χ2n) is 6.34. The average molecular weight is 359 g/mol. The topological polar surface area (TPSA) is 41.6 Å². The third kappa shape index (κ3) is 4.74. The van der Waals surface area contributed by atoms with Gasteiger partial charge in [-0.1, -0.05) is 42.8 Å². The smallest absolute Gasteiger partial charge is 0.227 e. The summed E-state index contributed by atoms with van der Waals surface area (Å²) in [5.41, 5.74) is 3.02. The fraction of sp³-hybridized carbons (Fsp3) is 0.350. The summed E-state index contributed by atoms with van der Waals surface area (Å²) in [6, 6.07) is 15.6. The molecule has 1 amide bonds. The van der Waals surface area contributed by atoms with Crippen LogP contribution in [0.1, 0.15) is 12.5 Å². The molecular weight excluding hydrogens is 336 g/mol. The van der Waals surface area contributed by atoms with Crippen LogP contribution in [0, 0.1) is 5.92 Å². The Morgan fingerprint density at radius 2 is 1.84 bits per heavy atom. The zero-order valence-electron chi connectivity index (χ0n) is 14.4. The van der Waals surface area contributed by atoms with E-state index in [0.717, 1.165) is 43.2 Å². The molecule has 1 N–H and O–H groups in total. The highest BCUT2D eigenvalue weighted by Crippen LogP contribution is 2.27. The predicted molar refractivity (Wildman–Crippen MR) is 102 cm³/mol. The molecule has 0 aliphatic carbocycles. The number of morpholine rings is 1. The highest BCUT2D eigenvalue weighted by molar-refractivity contribution is 6.30. The molecule has 1 fully saturated rings. The molecule has 3 rings (SSSR count). The number of nitrogens with zero attached hydrogens (tertiary/aromatic N) is 1. The SMILES string of the molecule is CC(Cc1ccc(Cl)cc1)C(=O)Nc1ccccc1N1CCOCC1. The summed E-state index contributed by atoms with van der Waals surface area (Å²) < 4.78 is 5.42. The molecule has 0 spiro atoms. The van der Waals surface area contributed by atoms with Crippen molar-refractivity contribution in [3.63, 3.8) is 0 Å². The van der Waals surface area contributed by atoms with Crippen molar-refractivity contribution in [3.05, 3.63) is 59.1 Å². The number of hydrogen-bond donors (Lipinski definition) is 1. The molecule has 1 aliphatic heterocycles. The number of hydrogen-bond acceptors (Lipinski definition) is 3. The summed E-state index contributed by atoms with van der Waals surface area (Å²) in [5.74, 6) is -0.102. The third-order valence-electron chi connectivity index (χ3n) is 4.42. The van der Waals surface area contributed by atoms with Crippen molar-refractivity contribution in [1.29, 1.82) is 0 Å². The van der Waals surface area contributed by atoms with E-state index >= 15 is 0 Å². The number of carbonyl (C=O) groups is 1. The van der Waals surface area contributed by atoms with Gasteiger partial charge in [-0.25, -0.2) is 0 Å². The van der Waals surface area contributed by atoms with E-state index in [1.165, 1.54) is 0 Å². The molecule has 25 heavy (non-hydrogen) atoms. The van der Waals surface area contributed by atoms with Crippen LogP contribution >= 0.6 is 11.6 Å². The molecule has 1 saturated heterocycles. The monoisotopic (exact) mass is 358 g/mol. The molecule has 0 bridgehead atoms. The Kier molecular flexibility index (Phi) is 5.95. The fourth-order valence-electron chi connectivity index (χ4n) is 2.98. The number of rotatable bonds is 5. The second kappa shape index (κ2) is 8.37. The van der Waals surface area contributed by atoms with Gasteiger partial charge in [-0.2, -0.15) is 0 Å². The number of halogens is 1. The maximum atomic E-state index is 12.6. The molecule has 0 radical (unpaired) electrons. The number of ether oxygens (including phenoxy) is 1. The molecule has 5 heteroatoms. The minimum atomic E-state index is -0.126. The van der Waals surface area contributed by atoms with Crippen molar-refractivity contribution in [2.45, 2.75) is 13.3 Å². The Bertz CT molecular complexity index is 712. The summed E-state index contributed by atoms with van der Waals surface area (Å²) >= 11 is 5.92. The Hall–Kier alpha value is -2.04. The van der Waals surface area contributed by atoms with Gasteiger partial charge >= 0.3 is 0 Å². The highest BCUT2D eigenvalue weighted by Gasteiger charge is 2.18. The van der Waals surface area contributed by atoms with Crippen LogP contribution in [0.15, 0.2) is 48.5 Å². The van der Waals surface area contributed by atoms with Gasteiger partial charge in [0.15, 0.2) is 0 Å². The molecular formula is C20H23ClN2O2. The minimum Gasteiger partial charge on any atom is -0.378 e. The van der Waals surface area contributed by atoms with Crippen LogP contribution in [0.4, 0.5) is 11.4 Å². The van der Waals surface area contributed by atoms with E-state index in [2.05, 4.69) is 10.2 Å². The average Bonchev–Trinajstić information content (AvgIpc) is 2.64. The first-order valence-corrected chi connectivity index (χ1v) is 8.98. The molecule has 4 nitrogen and oxygen atoms in total. The van der Waals surface area contributed by atoms with E-state index in [1.807, 2.05) is 55.5 Å². The lowest BCUT2D eigenvalue weighted by Gasteiger charge is -2.30. The van der Waals surface area contributed by atoms with Crippen LogP contribution in [0.5, 0.6) is 0 Å². The minimum absolute atomic E-state index is 0.0238. The maximum Gasteiger partial charge on any atom is 0.227 e.